The van der Waals surface area contributed by atoms with Crippen LogP contribution in [0.1, 0.15) is 12.8 Å². The minimum atomic E-state index is -0.742. The summed E-state index contributed by atoms with van der Waals surface area (Å²) in [6.45, 7) is 0.647. The first-order chi connectivity index (χ1) is 8.19. The van der Waals surface area contributed by atoms with Crippen LogP contribution in [0.25, 0.3) is 0 Å². The van der Waals surface area contributed by atoms with Gasteiger partial charge in [0.15, 0.2) is 0 Å². The Kier molecular flexibility index (Phi) is 6.56. The van der Waals surface area contributed by atoms with Crippen LogP contribution in [0.15, 0.2) is 33.3 Å². The van der Waals surface area contributed by atoms with E-state index in [0.717, 1.165) is 12.8 Å². The summed E-state index contributed by atoms with van der Waals surface area (Å²) in [5.74, 6) is 0.509. The van der Waals surface area contributed by atoms with E-state index < -0.39 is 19.0 Å². The molecule has 0 bridgehead atoms. The summed E-state index contributed by atoms with van der Waals surface area (Å²) in [6, 6.07) is 0. The predicted molar refractivity (Wildman–Crippen MR) is 66.5 cm³/mol. The molecule has 5 nitrogen and oxygen atoms in total. The van der Waals surface area contributed by atoms with Crippen molar-refractivity contribution in [1.82, 2.24) is 10.6 Å². The van der Waals surface area contributed by atoms with Gasteiger partial charge in [0, 0.05) is 0 Å². The Balaban J connectivity index is 2.66. The molecule has 96 valence electrons. The van der Waals surface area contributed by atoms with Crippen molar-refractivity contribution in [1.29, 1.82) is 0 Å². The molecule has 1 rings (SSSR count). The Morgan fingerprint density at radius 2 is 2.47 bits per heavy atom. The van der Waals surface area contributed by atoms with Gasteiger partial charge in [-0.25, -0.2) is 0 Å². The van der Waals surface area contributed by atoms with Crippen molar-refractivity contribution >= 4 is 12.7 Å². The number of nitrogens with one attached hydrogen (secondary N) is 2. The van der Waals surface area contributed by atoms with Crippen molar-refractivity contribution in [3.05, 3.63) is 43.4 Å². The molecule has 17 heavy (non-hydrogen) atoms. The van der Waals surface area contributed by atoms with Crippen LogP contribution in [-0.4, -0.2) is 18.5 Å². The van der Waals surface area contributed by atoms with Crippen LogP contribution in [0.4, 0.5) is 0 Å². The zero-order valence-corrected chi connectivity index (χ0v) is 13.1. The fourth-order valence-electron chi connectivity index (χ4n) is 1.42. The van der Waals surface area contributed by atoms with Gasteiger partial charge >= 0.3 is 117 Å². The summed E-state index contributed by atoms with van der Waals surface area (Å²) in [7, 11) is 1.69. The van der Waals surface area contributed by atoms with Gasteiger partial charge in [0.2, 0.25) is 0 Å². The van der Waals surface area contributed by atoms with Gasteiger partial charge in [0.1, 0.15) is 0 Å². The van der Waals surface area contributed by atoms with Gasteiger partial charge in [-0.3, -0.25) is 0 Å². The molecule has 0 amide bonds. The number of halogens is 2. The molecule has 0 fully saturated rings. The average Bonchev–Trinajstić information content (AvgIpc) is 2.35. The molecule has 0 radical (unpaired) electrons. The van der Waals surface area contributed by atoms with Gasteiger partial charge in [-0.1, -0.05) is 0 Å². The van der Waals surface area contributed by atoms with Crippen LogP contribution >= 0.6 is 12.7 Å². The van der Waals surface area contributed by atoms with Crippen molar-refractivity contribution in [2.45, 2.75) is 12.8 Å². The number of nitrogens with zero attached hydrogens (tertiary/aromatic N) is 1. The first-order valence-corrected chi connectivity index (χ1v) is 11.0. The predicted octanol–water partition coefficient (Wildman–Crippen LogP) is -1.13. The molecule has 1 aliphatic carbocycles. The molecule has 0 saturated heterocycles. The second-order valence-corrected chi connectivity index (χ2v) is 6.83. The fraction of sp³-hybridized carbons (Fsp3) is 0.400. The SMILES string of the molecule is CN/C(NCC1=CC=CCC1)=C(\[I-]Br)[N+](=O)[O-]. The van der Waals surface area contributed by atoms with Crippen LogP contribution in [-0.2, 0) is 0 Å². The molecule has 0 saturated carbocycles. The van der Waals surface area contributed by atoms with E-state index in [9.17, 15) is 10.1 Å². The first kappa shape index (κ1) is 14.5. The van der Waals surface area contributed by atoms with E-state index in [0.29, 0.717) is 12.4 Å². The number of rotatable bonds is 6. The second kappa shape index (κ2) is 7.70. The van der Waals surface area contributed by atoms with Gasteiger partial charge in [0.05, 0.1) is 0 Å². The third-order valence-electron chi connectivity index (χ3n) is 2.28. The molecule has 0 aromatic heterocycles. The number of hydrogen-bond donors (Lipinski definition) is 2. The Bertz CT molecular complexity index is 380. The normalized spacial score (nSPS) is 16.2. The standard InChI is InChI=1S/C10H14BrIN3O2/c1-13-10(9(12-11)15(16)17)14-7-8-5-3-2-4-6-8/h2-3,5,13-14H,4,6-7H2,1H3/q-1/b10-9-. The van der Waals surface area contributed by atoms with Crippen LogP contribution in [0, 0.1) is 10.1 Å². The van der Waals surface area contributed by atoms with Crippen LogP contribution in [0.5, 0.6) is 0 Å². The van der Waals surface area contributed by atoms with Crippen LogP contribution in [0.2, 0.25) is 0 Å². The van der Waals surface area contributed by atoms with Crippen molar-refractivity contribution in [3.63, 3.8) is 0 Å². The van der Waals surface area contributed by atoms with E-state index >= 15 is 0 Å². The molecule has 1 aliphatic rings. The third-order valence-corrected chi connectivity index (χ3v) is 5.50. The monoisotopic (exact) mass is 414 g/mol. The van der Waals surface area contributed by atoms with Crippen LogP contribution in [0.3, 0.4) is 0 Å². The molecule has 0 aliphatic heterocycles. The first-order valence-electron chi connectivity index (χ1n) is 5.09. The number of nitro groups is 1. The van der Waals surface area contributed by atoms with E-state index in [1.165, 1.54) is 5.57 Å². The zero-order chi connectivity index (χ0) is 12.7. The quantitative estimate of drug-likeness (QED) is 0.250. The summed E-state index contributed by atoms with van der Waals surface area (Å²) in [5.41, 5.74) is 1.26. The molecule has 2 N–H and O–H groups in total. The van der Waals surface area contributed by atoms with Gasteiger partial charge in [-0.2, -0.15) is 0 Å². The van der Waals surface area contributed by atoms with Crippen molar-refractivity contribution in [2.75, 3.05) is 13.6 Å². The zero-order valence-electron chi connectivity index (χ0n) is 9.37. The van der Waals surface area contributed by atoms with Crippen LogP contribution < -0.4 is 29.6 Å². The summed E-state index contributed by atoms with van der Waals surface area (Å²) in [5, 5.41) is 16.8. The van der Waals surface area contributed by atoms with E-state index in [-0.39, 0.29) is 8.63 Å². The summed E-state index contributed by atoms with van der Waals surface area (Å²) in [6.07, 6.45) is 8.25. The third kappa shape index (κ3) is 4.66. The Labute approximate surface area is 117 Å². The molecule has 0 heterocycles. The summed E-state index contributed by atoms with van der Waals surface area (Å²) >= 11 is 2.49. The van der Waals surface area contributed by atoms with Gasteiger partial charge < -0.3 is 0 Å². The summed E-state index contributed by atoms with van der Waals surface area (Å²) < 4.78 is 0.221. The summed E-state index contributed by atoms with van der Waals surface area (Å²) in [4.78, 5) is 10.5. The fourth-order valence-corrected chi connectivity index (χ4v) is 3.97. The maximum absolute atomic E-state index is 10.8. The molecule has 0 atom stereocenters. The number of hydrogen-bond acceptors (Lipinski definition) is 4. The van der Waals surface area contributed by atoms with Crippen molar-refractivity contribution < 1.29 is 23.9 Å². The van der Waals surface area contributed by atoms with Crippen molar-refractivity contribution in [3.8, 4) is 0 Å². The maximum atomic E-state index is 10.8. The van der Waals surface area contributed by atoms with Crippen molar-refractivity contribution in [2.24, 2.45) is 0 Å². The molecular formula is C10H14BrIN3O2-. The van der Waals surface area contributed by atoms with E-state index in [1.54, 1.807) is 7.05 Å². The topological polar surface area (TPSA) is 67.2 Å². The van der Waals surface area contributed by atoms with E-state index in [4.69, 9.17) is 0 Å². The molecular weight excluding hydrogens is 401 g/mol. The van der Waals surface area contributed by atoms with Gasteiger partial charge in [-0.15, -0.1) is 0 Å². The Hall–Kier alpha value is -0.570. The average molecular weight is 415 g/mol. The number of allylic oxidation sites excluding steroid dienone is 3. The molecule has 0 aromatic rings. The molecule has 7 heteroatoms. The Morgan fingerprint density at radius 3 is 2.94 bits per heavy atom. The van der Waals surface area contributed by atoms with E-state index in [1.807, 2.05) is 6.08 Å². The minimum absolute atomic E-state index is 0.221. The second-order valence-electron chi connectivity index (χ2n) is 3.39. The molecule has 0 spiro atoms. The molecule has 0 aromatic carbocycles. The van der Waals surface area contributed by atoms with Gasteiger partial charge in [0.25, 0.3) is 0 Å². The molecule has 0 unspecified atom stereocenters. The van der Waals surface area contributed by atoms with E-state index in [2.05, 4.69) is 35.5 Å². The van der Waals surface area contributed by atoms with Gasteiger partial charge in [-0.05, 0) is 0 Å². The Morgan fingerprint density at radius 1 is 1.71 bits per heavy atom.